The number of rotatable bonds is 3. The lowest BCUT2D eigenvalue weighted by Gasteiger charge is -2.25. The van der Waals surface area contributed by atoms with E-state index in [2.05, 4.69) is 127 Å². The second kappa shape index (κ2) is 10.9. The van der Waals surface area contributed by atoms with Gasteiger partial charge in [0.25, 0.3) is 0 Å². The van der Waals surface area contributed by atoms with E-state index in [1.54, 1.807) is 6.07 Å². The standard InChI is InChI=1S/C48H27BNO4/c51-41-18-7-3-12-32(41)37-22-27(29-14-9-15-34-36-26-44-35(25-45(36)54-48(29)34)33-13-4-8-19-42(33)52-44)23-46-47(37)49-38-24-28(20-21-43(38)53-46)50-39-16-5-1-10-30(39)31-11-2-6-17-40(31)50/h1-26,51H. The highest BCUT2D eigenvalue weighted by Crippen LogP contribution is 2.43. The van der Waals surface area contributed by atoms with Gasteiger partial charge in [-0.3, -0.25) is 0 Å². The predicted molar refractivity (Wildman–Crippen MR) is 219 cm³/mol. The maximum Gasteiger partial charge on any atom is 0.202 e. The zero-order chi connectivity index (χ0) is 35.5. The Hall–Kier alpha value is -7.18. The first-order chi connectivity index (χ1) is 26.7. The largest absolute Gasteiger partial charge is 0.507 e. The number of aromatic hydroxyl groups is 1. The van der Waals surface area contributed by atoms with Crippen LogP contribution in [0.5, 0.6) is 17.2 Å². The van der Waals surface area contributed by atoms with Crippen molar-refractivity contribution >= 4 is 83.9 Å². The first-order valence-electron chi connectivity index (χ1n) is 18.0. The Morgan fingerprint density at radius 3 is 1.94 bits per heavy atom. The molecule has 0 fully saturated rings. The van der Waals surface area contributed by atoms with E-state index in [1.165, 1.54) is 10.8 Å². The molecule has 6 heteroatoms. The van der Waals surface area contributed by atoms with Crippen LogP contribution in [0, 0.1) is 0 Å². The first-order valence-corrected chi connectivity index (χ1v) is 18.0. The molecule has 0 aliphatic carbocycles. The van der Waals surface area contributed by atoms with E-state index in [-0.39, 0.29) is 5.75 Å². The first kappa shape index (κ1) is 29.4. The molecule has 4 heterocycles. The third-order valence-corrected chi connectivity index (χ3v) is 11.0. The van der Waals surface area contributed by atoms with Gasteiger partial charge in [0.15, 0.2) is 0 Å². The van der Waals surface area contributed by atoms with E-state index in [1.807, 2.05) is 36.4 Å². The highest BCUT2D eigenvalue weighted by molar-refractivity contribution is 6.71. The number of phenols is 1. The predicted octanol–water partition coefficient (Wildman–Crippen LogP) is 11.4. The Labute approximate surface area is 309 Å². The smallest absolute Gasteiger partial charge is 0.202 e. The minimum atomic E-state index is 0.201. The third kappa shape index (κ3) is 4.16. The summed E-state index contributed by atoms with van der Waals surface area (Å²) < 4.78 is 22.0. The number of nitrogens with zero attached hydrogens (tertiary/aromatic N) is 1. The number of hydrogen-bond donors (Lipinski definition) is 1. The zero-order valence-electron chi connectivity index (χ0n) is 28.7. The number of hydrogen-bond acceptors (Lipinski definition) is 4. The van der Waals surface area contributed by atoms with Crippen LogP contribution < -0.4 is 15.7 Å². The molecule has 1 radical (unpaired) electrons. The van der Waals surface area contributed by atoms with Crippen LogP contribution in [0.2, 0.25) is 0 Å². The van der Waals surface area contributed by atoms with Crippen LogP contribution in [-0.2, 0) is 0 Å². The lowest BCUT2D eigenvalue weighted by atomic mass is 9.59. The van der Waals surface area contributed by atoms with Gasteiger partial charge < -0.3 is 23.2 Å². The van der Waals surface area contributed by atoms with Crippen molar-refractivity contribution in [2.24, 2.45) is 0 Å². The van der Waals surface area contributed by atoms with Crippen LogP contribution >= 0.6 is 0 Å². The molecule has 11 aromatic rings. The molecule has 12 rings (SSSR count). The maximum atomic E-state index is 11.2. The minimum absolute atomic E-state index is 0.201. The van der Waals surface area contributed by atoms with E-state index in [0.29, 0.717) is 5.75 Å². The van der Waals surface area contributed by atoms with Gasteiger partial charge in [-0.25, -0.2) is 0 Å². The molecule has 5 nitrogen and oxygen atoms in total. The van der Waals surface area contributed by atoms with Crippen LogP contribution in [0.15, 0.2) is 167 Å². The van der Waals surface area contributed by atoms with Gasteiger partial charge in [0.2, 0.25) is 7.28 Å². The lowest BCUT2D eigenvalue weighted by Crippen LogP contribution is -2.35. The molecule has 0 bridgehead atoms. The molecule has 54 heavy (non-hydrogen) atoms. The Morgan fingerprint density at radius 1 is 0.463 bits per heavy atom. The van der Waals surface area contributed by atoms with E-state index in [4.69, 9.17) is 13.6 Å². The van der Waals surface area contributed by atoms with Gasteiger partial charge in [0, 0.05) is 49.1 Å². The summed E-state index contributed by atoms with van der Waals surface area (Å²) in [6.45, 7) is 0. The van der Waals surface area contributed by atoms with E-state index in [0.717, 1.165) is 99.5 Å². The molecule has 8 aromatic carbocycles. The molecule has 0 unspecified atom stereocenters. The second-order valence-corrected chi connectivity index (χ2v) is 14.0. The minimum Gasteiger partial charge on any atom is -0.507 e. The van der Waals surface area contributed by atoms with Crippen LogP contribution in [-0.4, -0.2) is 17.0 Å². The summed E-state index contributed by atoms with van der Waals surface area (Å²) >= 11 is 0. The van der Waals surface area contributed by atoms with Gasteiger partial charge in [-0.2, -0.15) is 0 Å². The Bertz CT molecular complexity index is 3310. The SMILES string of the molecule is Oc1ccccc1-c1cc(-c2cccc3c2oc2cc4c(cc23)oc2ccccc24)cc2c1[B]c1cc(-n3c4ccccc4c4ccccc43)ccc1O2. The summed E-state index contributed by atoms with van der Waals surface area (Å²) in [5, 5.41) is 17.7. The Balaban J connectivity index is 1.03. The number of benzene rings is 8. The van der Waals surface area contributed by atoms with E-state index >= 15 is 0 Å². The van der Waals surface area contributed by atoms with Crippen LogP contribution in [0.1, 0.15) is 0 Å². The lowest BCUT2D eigenvalue weighted by molar-refractivity contribution is 0.477. The van der Waals surface area contributed by atoms with Crippen molar-refractivity contribution in [3.05, 3.63) is 158 Å². The molecule has 0 saturated carbocycles. The van der Waals surface area contributed by atoms with Gasteiger partial charge >= 0.3 is 0 Å². The number of para-hydroxylation sites is 5. The average Bonchev–Trinajstić information content (AvgIpc) is 3.88. The molecule has 0 atom stereocenters. The fraction of sp³-hybridized carbons (Fsp3) is 0. The maximum absolute atomic E-state index is 11.2. The number of ether oxygens (including phenoxy) is 1. The van der Waals surface area contributed by atoms with Gasteiger partial charge in [-0.15, -0.1) is 0 Å². The van der Waals surface area contributed by atoms with E-state index in [9.17, 15) is 5.11 Å². The van der Waals surface area contributed by atoms with Gasteiger partial charge in [0.1, 0.15) is 39.6 Å². The zero-order valence-corrected chi connectivity index (χ0v) is 28.7. The fourth-order valence-electron chi connectivity index (χ4n) is 8.54. The van der Waals surface area contributed by atoms with Gasteiger partial charge in [-0.1, -0.05) is 91.0 Å². The number of fused-ring (bicyclic) bond motifs is 11. The van der Waals surface area contributed by atoms with Crippen molar-refractivity contribution in [3.8, 4) is 45.2 Å². The van der Waals surface area contributed by atoms with Crippen LogP contribution in [0.25, 0.3) is 93.6 Å². The molecule has 1 aliphatic rings. The average molecular weight is 693 g/mol. The topological polar surface area (TPSA) is 60.7 Å². The summed E-state index contributed by atoms with van der Waals surface area (Å²) in [4.78, 5) is 0. The third-order valence-electron chi connectivity index (χ3n) is 11.0. The molecular formula is C48H27BNO4. The summed E-state index contributed by atoms with van der Waals surface area (Å²) in [6, 6.07) is 53.6. The van der Waals surface area contributed by atoms with Gasteiger partial charge in [0.05, 0.1) is 11.0 Å². The van der Waals surface area contributed by atoms with Crippen molar-refractivity contribution in [3.63, 3.8) is 0 Å². The Morgan fingerprint density at radius 2 is 1.13 bits per heavy atom. The molecule has 3 aromatic heterocycles. The summed E-state index contributed by atoms with van der Waals surface area (Å²) in [5.74, 6) is 1.68. The Kier molecular flexibility index (Phi) is 5.95. The molecule has 251 valence electrons. The van der Waals surface area contributed by atoms with Crippen molar-refractivity contribution in [1.82, 2.24) is 4.57 Å². The van der Waals surface area contributed by atoms with Gasteiger partial charge in [-0.05, 0) is 88.8 Å². The van der Waals surface area contributed by atoms with Crippen molar-refractivity contribution in [2.75, 3.05) is 0 Å². The normalized spacial score (nSPS) is 12.4. The summed E-state index contributed by atoms with van der Waals surface area (Å²) in [5.41, 5.74) is 11.9. The van der Waals surface area contributed by atoms with E-state index < -0.39 is 0 Å². The second-order valence-electron chi connectivity index (χ2n) is 14.0. The van der Waals surface area contributed by atoms with Crippen LogP contribution in [0.3, 0.4) is 0 Å². The summed E-state index contributed by atoms with van der Waals surface area (Å²) in [7, 11) is 2.18. The monoisotopic (exact) mass is 692 g/mol. The molecular weight excluding hydrogens is 665 g/mol. The highest BCUT2D eigenvalue weighted by atomic mass is 16.5. The number of aromatic nitrogens is 1. The van der Waals surface area contributed by atoms with Crippen LogP contribution in [0.4, 0.5) is 0 Å². The van der Waals surface area contributed by atoms with Crippen molar-refractivity contribution in [2.45, 2.75) is 0 Å². The summed E-state index contributed by atoms with van der Waals surface area (Å²) in [6.07, 6.45) is 0. The molecule has 1 N–H and O–H groups in total. The molecule has 0 spiro atoms. The highest BCUT2D eigenvalue weighted by Gasteiger charge is 2.26. The van der Waals surface area contributed by atoms with Crippen molar-refractivity contribution < 1.29 is 18.7 Å². The number of phenolic OH excluding ortho intramolecular Hbond substituents is 1. The molecule has 0 saturated heterocycles. The molecule has 0 amide bonds. The molecule has 1 aliphatic heterocycles. The number of furan rings is 2. The van der Waals surface area contributed by atoms with Crippen molar-refractivity contribution in [1.29, 1.82) is 0 Å². The quantitative estimate of drug-likeness (QED) is 0.187. The fourth-order valence-corrected chi connectivity index (χ4v) is 8.54.